The number of nitrogens with one attached hydrogen (secondary N) is 3. The lowest BCUT2D eigenvalue weighted by Gasteiger charge is -2.13. The third kappa shape index (κ3) is 4.96. The van der Waals surface area contributed by atoms with Gasteiger partial charge in [-0.05, 0) is 30.5 Å². The number of fused-ring (bicyclic) bond motifs is 1. The zero-order chi connectivity index (χ0) is 16.8. The van der Waals surface area contributed by atoms with Crippen molar-refractivity contribution in [3.05, 3.63) is 46.8 Å². The molecule has 6 nitrogen and oxygen atoms in total. The molecule has 1 aliphatic rings. The monoisotopic (exact) mass is 364 g/mol. The Hall–Kier alpha value is -2.05. The number of carbonyl (C=O) groups excluding carboxylic acids is 1. The molecule has 2 aromatic rings. The number of carbonyl (C=O) groups is 1. The van der Waals surface area contributed by atoms with Gasteiger partial charge >= 0.3 is 0 Å². The summed E-state index contributed by atoms with van der Waals surface area (Å²) in [6.07, 6.45) is 2.64. The molecule has 1 amide bonds. The molecule has 3 rings (SSSR count). The van der Waals surface area contributed by atoms with Crippen LogP contribution in [0.1, 0.15) is 40.7 Å². The number of aromatic nitrogens is 2. The lowest BCUT2D eigenvalue weighted by Crippen LogP contribution is -2.29. The van der Waals surface area contributed by atoms with E-state index in [1.54, 1.807) is 0 Å². The largest absolute Gasteiger partial charge is 0.494 e. The molecule has 0 aliphatic carbocycles. The van der Waals surface area contributed by atoms with Crippen LogP contribution in [0.25, 0.3) is 0 Å². The molecule has 136 valence electrons. The van der Waals surface area contributed by atoms with Gasteiger partial charge in [-0.1, -0.05) is 19.1 Å². The van der Waals surface area contributed by atoms with Crippen LogP contribution >= 0.6 is 12.4 Å². The number of ether oxygens (including phenoxy) is 1. The van der Waals surface area contributed by atoms with Crippen LogP contribution in [0.2, 0.25) is 0 Å². The second kappa shape index (κ2) is 9.44. The van der Waals surface area contributed by atoms with Gasteiger partial charge in [-0.15, -0.1) is 12.4 Å². The first-order valence-corrected chi connectivity index (χ1v) is 8.54. The summed E-state index contributed by atoms with van der Waals surface area (Å²) in [6.45, 7) is 5.00. The number of benzene rings is 1. The minimum Gasteiger partial charge on any atom is -0.494 e. The molecule has 1 aromatic carbocycles. The zero-order valence-corrected chi connectivity index (χ0v) is 15.2. The van der Waals surface area contributed by atoms with Gasteiger partial charge in [0, 0.05) is 37.3 Å². The van der Waals surface area contributed by atoms with E-state index >= 15 is 0 Å². The average molecular weight is 365 g/mol. The Labute approximate surface area is 154 Å². The first-order valence-electron chi connectivity index (χ1n) is 8.54. The lowest BCUT2D eigenvalue weighted by molar-refractivity contribution is 0.0948. The van der Waals surface area contributed by atoms with Crippen molar-refractivity contribution in [2.45, 2.75) is 32.7 Å². The summed E-state index contributed by atoms with van der Waals surface area (Å²) >= 11 is 0. The van der Waals surface area contributed by atoms with E-state index in [2.05, 4.69) is 27.8 Å². The van der Waals surface area contributed by atoms with Gasteiger partial charge in [0.1, 0.15) is 5.75 Å². The molecular weight excluding hydrogens is 340 g/mol. The maximum atomic E-state index is 12.3. The van der Waals surface area contributed by atoms with Gasteiger partial charge in [-0.2, -0.15) is 5.10 Å². The van der Waals surface area contributed by atoms with Gasteiger partial charge in [0.05, 0.1) is 6.61 Å². The molecule has 0 saturated carbocycles. The molecular formula is C18H25ClN4O2. The van der Waals surface area contributed by atoms with Gasteiger partial charge in [-0.3, -0.25) is 9.89 Å². The SMILES string of the molecule is CCCOc1cccc(CCNC(=O)c2n[nH]c3c2CNCC3)c1.Cl. The fourth-order valence-corrected chi connectivity index (χ4v) is 2.83. The van der Waals surface area contributed by atoms with E-state index in [1.165, 1.54) is 0 Å². The van der Waals surface area contributed by atoms with Crippen molar-refractivity contribution < 1.29 is 9.53 Å². The third-order valence-corrected chi connectivity index (χ3v) is 4.09. The highest BCUT2D eigenvalue weighted by Crippen LogP contribution is 2.16. The molecule has 0 saturated heterocycles. The van der Waals surface area contributed by atoms with Crippen molar-refractivity contribution >= 4 is 18.3 Å². The second-order valence-corrected chi connectivity index (χ2v) is 5.96. The number of nitrogens with zero attached hydrogens (tertiary/aromatic N) is 1. The predicted molar refractivity (Wildman–Crippen MR) is 99.5 cm³/mol. The van der Waals surface area contributed by atoms with E-state index in [9.17, 15) is 4.79 Å². The van der Waals surface area contributed by atoms with Crippen molar-refractivity contribution in [1.82, 2.24) is 20.8 Å². The normalized spacial score (nSPS) is 12.8. The first kappa shape index (κ1) is 19.3. The first-order chi connectivity index (χ1) is 11.8. The van der Waals surface area contributed by atoms with Crippen molar-refractivity contribution in [3.63, 3.8) is 0 Å². The van der Waals surface area contributed by atoms with Crippen LogP contribution in [0.3, 0.4) is 0 Å². The number of halogens is 1. The van der Waals surface area contributed by atoms with E-state index < -0.39 is 0 Å². The summed E-state index contributed by atoms with van der Waals surface area (Å²) < 4.78 is 5.64. The Bertz CT molecular complexity index is 702. The van der Waals surface area contributed by atoms with Gasteiger partial charge in [0.25, 0.3) is 5.91 Å². The van der Waals surface area contributed by atoms with Crippen LogP contribution in [0.15, 0.2) is 24.3 Å². The minimum absolute atomic E-state index is 0. The fraction of sp³-hybridized carbons (Fsp3) is 0.444. The van der Waals surface area contributed by atoms with E-state index in [-0.39, 0.29) is 18.3 Å². The van der Waals surface area contributed by atoms with Crippen LogP contribution in [0, 0.1) is 0 Å². The van der Waals surface area contributed by atoms with Crippen molar-refractivity contribution in [2.75, 3.05) is 19.7 Å². The van der Waals surface area contributed by atoms with Crippen molar-refractivity contribution in [3.8, 4) is 5.75 Å². The summed E-state index contributed by atoms with van der Waals surface area (Å²) in [5, 5.41) is 13.4. The van der Waals surface area contributed by atoms with E-state index in [1.807, 2.05) is 24.3 Å². The van der Waals surface area contributed by atoms with Crippen LogP contribution in [-0.2, 0) is 19.4 Å². The number of amides is 1. The van der Waals surface area contributed by atoms with Gasteiger partial charge in [-0.25, -0.2) is 0 Å². The Kier molecular flexibility index (Phi) is 7.28. The van der Waals surface area contributed by atoms with Crippen LogP contribution in [-0.4, -0.2) is 35.8 Å². The molecule has 2 heterocycles. The topological polar surface area (TPSA) is 79.0 Å². The highest BCUT2D eigenvalue weighted by Gasteiger charge is 2.21. The summed E-state index contributed by atoms with van der Waals surface area (Å²) in [7, 11) is 0. The maximum Gasteiger partial charge on any atom is 0.272 e. The summed E-state index contributed by atoms with van der Waals surface area (Å²) in [4.78, 5) is 12.3. The Morgan fingerprint density at radius 3 is 3.12 bits per heavy atom. The van der Waals surface area contributed by atoms with Crippen molar-refractivity contribution in [1.29, 1.82) is 0 Å². The predicted octanol–water partition coefficient (Wildman–Crippen LogP) is 2.24. The van der Waals surface area contributed by atoms with Crippen molar-refractivity contribution in [2.24, 2.45) is 0 Å². The average Bonchev–Trinajstić information content (AvgIpc) is 3.04. The molecule has 1 aliphatic heterocycles. The maximum absolute atomic E-state index is 12.3. The van der Waals surface area contributed by atoms with Crippen LogP contribution < -0.4 is 15.4 Å². The smallest absolute Gasteiger partial charge is 0.272 e. The van der Waals surface area contributed by atoms with Crippen LogP contribution in [0.5, 0.6) is 5.75 Å². The quantitative estimate of drug-likeness (QED) is 0.704. The fourth-order valence-electron chi connectivity index (χ4n) is 2.83. The Morgan fingerprint density at radius 1 is 1.40 bits per heavy atom. The number of rotatable bonds is 7. The molecule has 1 aromatic heterocycles. The Morgan fingerprint density at radius 2 is 2.28 bits per heavy atom. The molecule has 25 heavy (non-hydrogen) atoms. The highest BCUT2D eigenvalue weighted by molar-refractivity contribution is 5.94. The molecule has 0 atom stereocenters. The van der Waals surface area contributed by atoms with E-state index in [4.69, 9.17) is 4.74 Å². The molecule has 0 spiro atoms. The molecule has 0 fully saturated rings. The Balaban J connectivity index is 0.00000225. The molecule has 0 unspecified atom stereocenters. The summed E-state index contributed by atoms with van der Waals surface area (Å²) in [5.41, 5.74) is 3.72. The molecule has 0 bridgehead atoms. The van der Waals surface area contributed by atoms with Crippen LogP contribution in [0.4, 0.5) is 0 Å². The number of hydrogen-bond donors (Lipinski definition) is 3. The lowest BCUT2D eigenvalue weighted by atomic mass is 10.1. The van der Waals surface area contributed by atoms with Gasteiger partial charge in [0.15, 0.2) is 5.69 Å². The number of hydrogen-bond acceptors (Lipinski definition) is 4. The molecule has 7 heteroatoms. The van der Waals surface area contributed by atoms with Gasteiger partial charge in [0.2, 0.25) is 0 Å². The second-order valence-electron chi connectivity index (χ2n) is 5.96. The summed E-state index contributed by atoms with van der Waals surface area (Å²) in [5.74, 6) is 0.766. The number of H-pyrrole nitrogens is 1. The van der Waals surface area contributed by atoms with Gasteiger partial charge < -0.3 is 15.4 Å². The summed E-state index contributed by atoms with van der Waals surface area (Å²) in [6, 6.07) is 8.02. The third-order valence-electron chi connectivity index (χ3n) is 4.09. The highest BCUT2D eigenvalue weighted by atomic mass is 35.5. The minimum atomic E-state index is -0.116. The zero-order valence-electron chi connectivity index (χ0n) is 14.4. The van der Waals surface area contributed by atoms with E-state index in [0.717, 1.165) is 55.0 Å². The molecule has 0 radical (unpaired) electrons. The standard InChI is InChI=1S/C18H24N4O2.ClH/c1-2-10-24-14-5-3-4-13(11-14)6-9-20-18(23)17-15-12-19-8-7-16(15)21-22-17;/h3-5,11,19H,2,6-10,12H2,1H3,(H,20,23)(H,21,22);1H. The van der Waals surface area contributed by atoms with E-state index in [0.29, 0.717) is 18.8 Å². The molecule has 3 N–H and O–H groups in total. The number of aromatic amines is 1.